The van der Waals surface area contributed by atoms with Gasteiger partial charge in [-0.25, -0.2) is 4.98 Å². The lowest BCUT2D eigenvalue weighted by Crippen LogP contribution is -2.17. The number of aromatic amines is 1. The molecule has 25 heavy (non-hydrogen) atoms. The number of nitrogens with one attached hydrogen (secondary N) is 2. The largest absolute Gasteiger partial charge is 0.326 e. The first-order valence-corrected chi connectivity index (χ1v) is 8.20. The van der Waals surface area contributed by atoms with Crippen LogP contribution in [-0.4, -0.2) is 20.7 Å². The Balaban J connectivity index is 1.91. The fraction of sp³-hybridized carbons (Fsp3) is 0.316. The second-order valence-corrected chi connectivity index (χ2v) is 6.52. The molecule has 3 aromatic rings. The second kappa shape index (κ2) is 6.20. The minimum atomic E-state index is -0.129. The zero-order valence-electron chi connectivity index (χ0n) is 15.2. The normalized spacial score (nSPS) is 11.1. The average Bonchev–Trinajstić information content (AvgIpc) is 2.82. The number of hydrogen-bond donors (Lipinski definition) is 2. The minimum absolute atomic E-state index is 0.122. The first-order chi connectivity index (χ1) is 11.8. The van der Waals surface area contributed by atoms with Gasteiger partial charge in [0.2, 0.25) is 5.91 Å². The fourth-order valence-corrected chi connectivity index (χ4v) is 3.06. The maximum absolute atomic E-state index is 12.5. The Morgan fingerprint density at radius 2 is 1.92 bits per heavy atom. The molecule has 0 spiro atoms. The van der Waals surface area contributed by atoms with Crippen molar-refractivity contribution in [3.63, 3.8) is 0 Å². The van der Waals surface area contributed by atoms with Crippen LogP contribution in [0.5, 0.6) is 0 Å². The van der Waals surface area contributed by atoms with Crippen molar-refractivity contribution >= 4 is 22.6 Å². The van der Waals surface area contributed by atoms with Gasteiger partial charge in [-0.15, -0.1) is 0 Å². The van der Waals surface area contributed by atoms with E-state index in [1.165, 1.54) is 10.2 Å². The molecule has 0 aliphatic rings. The molecule has 1 aromatic carbocycles. The number of hydrogen-bond acceptors (Lipinski definition) is 3. The molecule has 3 rings (SSSR count). The lowest BCUT2D eigenvalue weighted by Gasteiger charge is -2.11. The monoisotopic (exact) mass is 338 g/mol. The van der Waals surface area contributed by atoms with Crippen LogP contribution in [0.4, 0.5) is 5.69 Å². The highest BCUT2D eigenvalue weighted by molar-refractivity contribution is 5.93. The highest BCUT2D eigenvalue weighted by atomic mass is 16.1. The molecule has 2 aromatic heterocycles. The number of aryl methyl sites for hydroxylation is 5. The van der Waals surface area contributed by atoms with Crippen LogP contribution in [-0.2, 0) is 18.3 Å². The van der Waals surface area contributed by atoms with Crippen LogP contribution in [0, 0.1) is 27.7 Å². The van der Waals surface area contributed by atoms with Crippen molar-refractivity contribution in [3.8, 4) is 0 Å². The summed E-state index contributed by atoms with van der Waals surface area (Å²) in [5, 5.41) is 6.40. The summed E-state index contributed by atoms with van der Waals surface area (Å²) < 4.78 is 1.41. The number of rotatable bonds is 3. The van der Waals surface area contributed by atoms with Gasteiger partial charge < -0.3 is 5.32 Å². The molecule has 0 fully saturated rings. The Bertz CT molecular complexity index is 1040. The number of anilines is 1. The standard InChI is InChI=1S/C19H22N4O2/c1-10-6-7-14(8-11(10)2)21-16(24)9-15-12(3)17-18(20-13(15)4)22-23(5)19(17)25/h6-8H,9H2,1-5H3,(H,20,22)(H,21,24). The van der Waals surface area contributed by atoms with E-state index in [0.717, 1.165) is 28.1 Å². The molecule has 2 heterocycles. The van der Waals surface area contributed by atoms with E-state index in [1.807, 2.05) is 45.9 Å². The Morgan fingerprint density at radius 1 is 1.20 bits per heavy atom. The molecule has 0 unspecified atom stereocenters. The van der Waals surface area contributed by atoms with E-state index in [0.29, 0.717) is 11.0 Å². The number of carbonyl (C=O) groups is 1. The number of nitrogens with zero attached hydrogens (tertiary/aromatic N) is 2. The lowest BCUT2D eigenvalue weighted by molar-refractivity contribution is -0.115. The molecular weight excluding hydrogens is 316 g/mol. The summed E-state index contributed by atoms with van der Waals surface area (Å²) in [7, 11) is 1.66. The molecule has 0 saturated heterocycles. The van der Waals surface area contributed by atoms with Crippen LogP contribution < -0.4 is 10.9 Å². The molecule has 0 aliphatic carbocycles. The highest BCUT2D eigenvalue weighted by Gasteiger charge is 2.17. The maximum atomic E-state index is 12.5. The molecule has 0 atom stereocenters. The number of aromatic nitrogens is 3. The van der Waals surface area contributed by atoms with Crippen molar-refractivity contribution in [1.29, 1.82) is 0 Å². The Hall–Kier alpha value is -2.89. The summed E-state index contributed by atoms with van der Waals surface area (Å²) in [5.41, 5.74) is 5.87. The van der Waals surface area contributed by atoms with Crippen LogP contribution in [0.1, 0.15) is 27.9 Å². The molecule has 6 heteroatoms. The van der Waals surface area contributed by atoms with Gasteiger partial charge in [-0.1, -0.05) is 6.07 Å². The van der Waals surface area contributed by atoms with Crippen LogP contribution >= 0.6 is 0 Å². The number of H-pyrrole nitrogens is 1. The first-order valence-electron chi connectivity index (χ1n) is 8.20. The molecule has 6 nitrogen and oxygen atoms in total. The van der Waals surface area contributed by atoms with Gasteiger partial charge in [-0.2, -0.15) is 0 Å². The lowest BCUT2D eigenvalue weighted by atomic mass is 10.0. The zero-order chi connectivity index (χ0) is 18.3. The van der Waals surface area contributed by atoms with Gasteiger partial charge in [0.25, 0.3) is 5.56 Å². The third-order valence-corrected chi connectivity index (χ3v) is 4.70. The van der Waals surface area contributed by atoms with E-state index in [4.69, 9.17) is 0 Å². The number of fused-ring (bicyclic) bond motifs is 1. The zero-order valence-corrected chi connectivity index (χ0v) is 15.2. The van der Waals surface area contributed by atoms with Crippen LogP contribution in [0.25, 0.3) is 11.0 Å². The first kappa shape index (κ1) is 17.0. The van der Waals surface area contributed by atoms with Gasteiger partial charge in [0.05, 0.1) is 11.8 Å². The smallest absolute Gasteiger partial charge is 0.276 e. The third kappa shape index (κ3) is 3.07. The van der Waals surface area contributed by atoms with E-state index >= 15 is 0 Å². The molecule has 0 saturated carbocycles. The Kier molecular flexibility index (Phi) is 4.20. The van der Waals surface area contributed by atoms with Crippen molar-refractivity contribution in [3.05, 3.63) is 56.5 Å². The average molecular weight is 338 g/mol. The molecule has 0 aliphatic heterocycles. The van der Waals surface area contributed by atoms with Crippen LogP contribution in [0.2, 0.25) is 0 Å². The predicted molar refractivity (Wildman–Crippen MR) is 99.1 cm³/mol. The quantitative estimate of drug-likeness (QED) is 0.770. The van der Waals surface area contributed by atoms with Crippen LogP contribution in [0.3, 0.4) is 0 Å². The summed E-state index contributed by atoms with van der Waals surface area (Å²) in [4.78, 5) is 29.2. The molecule has 130 valence electrons. The van der Waals surface area contributed by atoms with Crippen molar-refractivity contribution in [1.82, 2.24) is 14.8 Å². The number of benzene rings is 1. The SMILES string of the molecule is Cc1ccc(NC(=O)Cc2c(C)nc3[nH]n(C)c(=O)c3c2C)cc1C. The highest BCUT2D eigenvalue weighted by Crippen LogP contribution is 2.20. The predicted octanol–water partition coefficient (Wildman–Crippen LogP) is 2.68. The summed E-state index contributed by atoms with van der Waals surface area (Å²) >= 11 is 0. The molecule has 1 amide bonds. The molecular formula is C19H22N4O2. The van der Waals surface area contributed by atoms with Crippen molar-refractivity contribution in [2.75, 3.05) is 5.32 Å². The molecule has 0 bridgehead atoms. The van der Waals surface area contributed by atoms with E-state index in [9.17, 15) is 9.59 Å². The van der Waals surface area contributed by atoms with Gasteiger partial charge in [0, 0.05) is 18.4 Å². The summed E-state index contributed by atoms with van der Waals surface area (Å²) in [5.74, 6) is -0.122. The summed E-state index contributed by atoms with van der Waals surface area (Å²) in [6.07, 6.45) is 0.182. The Labute approximate surface area is 145 Å². The van der Waals surface area contributed by atoms with Crippen molar-refractivity contribution in [2.45, 2.75) is 34.1 Å². The van der Waals surface area contributed by atoms with Crippen molar-refractivity contribution in [2.24, 2.45) is 7.05 Å². The van der Waals surface area contributed by atoms with E-state index < -0.39 is 0 Å². The fourth-order valence-electron chi connectivity index (χ4n) is 3.06. The van der Waals surface area contributed by atoms with Gasteiger partial charge in [-0.05, 0) is 62.1 Å². The topological polar surface area (TPSA) is 79.8 Å². The maximum Gasteiger partial charge on any atom is 0.276 e. The summed E-state index contributed by atoms with van der Waals surface area (Å²) in [6.45, 7) is 7.77. The van der Waals surface area contributed by atoms with E-state index in [-0.39, 0.29) is 17.9 Å². The van der Waals surface area contributed by atoms with E-state index in [1.54, 1.807) is 7.05 Å². The van der Waals surface area contributed by atoms with Crippen molar-refractivity contribution < 1.29 is 4.79 Å². The third-order valence-electron chi connectivity index (χ3n) is 4.70. The Morgan fingerprint density at radius 3 is 2.60 bits per heavy atom. The van der Waals surface area contributed by atoms with Gasteiger partial charge in [0.1, 0.15) is 0 Å². The number of carbonyl (C=O) groups excluding carboxylic acids is 1. The van der Waals surface area contributed by atoms with Crippen LogP contribution in [0.15, 0.2) is 23.0 Å². The molecule has 0 radical (unpaired) electrons. The van der Waals surface area contributed by atoms with Gasteiger partial charge in [-0.3, -0.25) is 19.4 Å². The second-order valence-electron chi connectivity index (χ2n) is 6.52. The molecule has 2 N–H and O–H groups in total. The van der Waals surface area contributed by atoms with Gasteiger partial charge in [0.15, 0.2) is 5.65 Å². The number of amides is 1. The van der Waals surface area contributed by atoms with E-state index in [2.05, 4.69) is 15.4 Å². The minimum Gasteiger partial charge on any atom is -0.326 e. The number of pyridine rings is 1. The van der Waals surface area contributed by atoms with Gasteiger partial charge >= 0.3 is 0 Å². The summed E-state index contributed by atoms with van der Waals surface area (Å²) in [6, 6.07) is 5.83.